The van der Waals surface area contributed by atoms with Crippen LogP contribution in [0.5, 0.6) is 11.6 Å². The van der Waals surface area contributed by atoms with E-state index < -0.39 is 11.8 Å². The summed E-state index contributed by atoms with van der Waals surface area (Å²) in [5.74, 6) is 0.0937. The molecule has 1 aromatic heterocycles. The van der Waals surface area contributed by atoms with Gasteiger partial charge >= 0.3 is 5.69 Å². The predicted octanol–water partition coefficient (Wildman–Crippen LogP) is 1.44. The summed E-state index contributed by atoms with van der Waals surface area (Å²) in [6.07, 6.45) is 0.350. The third kappa shape index (κ3) is 2.37. The van der Waals surface area contributed by atoms with Crippen LogP contribution in [-0.2, 0) is 6.54 Å². The first-order chi connectivity index (χ1) is 11.1. The zero-order valence-corrected chi connectivity index (χ0v) is 12.7. The topological polar surface area (TPSA) is 100 Å². The third-order valence-electron chi connectivity index (χ3n) is 3.90. The van der Waals surface area contributed by atoms with Crippen molar-refractivity contribution in [3.8, 4) is 23.4 Å². The summed E-state index contributed by atoms with van der Waals surface area (Å²) >= 11 is 0. The summed E-state index contributed by atoms with van der Waals surface area (Å²) in [5, 5.41) is 29.4. The van der Waals surface area contributed by atoms with Gasteiger partial charge in [0.05, 0.1) is 17.9 Å². The first kappa shape index (κ1) is 15.2. The van der Waals surface area contributed by atoms with E-state index >= 15 is 0 Å². The van der Waals surface area contributed by atoms with Gasteiger partial charge in [-0.15, -0.1) is 0 Å². The molecule has 7 heteroatoms. The van der Waals surface area contributed by atoms with E-state index in [4.69, 9.17) is 10.00 Å². The summed E-state index contributed by atoms with van der Waals surface area (Å²) in [6, 6.07) is 6.71. The molecule has 120 valence electrons. The molecule has 0 unspecified atom stereocenters. The highest BCUT2D eigenvalue weighted by molar-refractivity contribution is 5.52. The summed E-state index contributed by atoms with van der Waals surface area (Å²) in [5.41, 5.74) is 0.573. The Labute approximate surface area is 132 Å². The minimum absolute atomic E-state index is 0.232. The maximum Gasteiger partial charge on any atom is 0.336 e. The Bertz CT molecular complexity index is 844. The van der Waals surface area contributed by atoms with Crippen molar-refractivity contribution < 1.29 is 14.9 Å². The summed E-state index contributed by atoms with van der Waals surface area (Å²) in [7, 11) is 0. The minimum Gasteiger partial charge on any atom is -0.493 e. The predicted molar refractivity (Wildman–Crippen MR) is 81.8 cm³/mol. The molecular weight excluding hydrogens is 298 g/mol. The van der Waals surface area contributed by atoms with Gasteiger partial charge in [0.15, 0.2) is 0 Å². The van der Waals surface area contributed by atoms with E-state index in [-0.39, 0.29) is 11.6 Å². The molecule has 3 rings (SSSR count). The Morgan fingerprint density at radius 2 is 2.26 bits per heavy atom. The lowest BCUT2D eigenvalue weighted by atomic mass is 10.2. The molecule has 2 aromatic rings. The molecule has 23 heavy (non-hydrogen) atoms. The first-order valence-corrected chi connectivity index (χ1v) is 7.48. The summed E-state index contributed by atoms with van der Waals surface area (Å²) in [6.45, 7) is 2.77. The van der Waals surface area contributed by atoms with Gasteiger partial charge in [0.25, 0.3) is 0 Å². The average molecular weight is 315 g/mol. The van der Waals surface area contributed by atoms with Crippen LogP contribution in [0, 0.1) is 11.3 Å². The van der Waals surface area contributed by atoms with Crippen LogP contribution < -0.4 is 10.4 Å². The number of nitriles is 1. The number of aromatic hydroxyl groups is 1. The van der Waals surface area contributed by atoms with Crippen molar-refractivity contribution in [1.82, 2.24) is 9.13 Å². The summed E-state index contributed by atoms with van der Waals surface area (Å²) < 4.78 is 8.03. The van der Waals surface area contributed by atoms with Crippen molar-refractivity contribution in [3.05, 3.63) is 39.9 Å². The number of benzene rings is 1. The number of rotatable bonds is 4. The van der Waals surface area contributed by atoms with Gasteiger partial charge in [0.2, 0.25) is 5.88 Å². The maximum absolute atomic E-state index is 12.5. The smallest absolute Gasteiger partial charge is 0.336 e. The Kier molecular flexibility index (Phi) is 3.84. The lowest BCUT2D eigenvalue weighted by molar-refractivity contribution is 0.175. The van der Waals surface area contributed by atoms with Gasteiger partial charge in [0, 0.05) is 12.6 Å². The molecule has 2 heterocycles. The minimum atomic E-state index is -0.849. The molecule has 0 aliphatic carbocycles. The van der Waals surface area contributed by atoms with E-state index in [1.165, 1.54) is 4.57 Å². The molecular formula is C16H17N3O4. The molecule has 0 saturated heterocycles. The van der Waals surface area contributed by atoms with Gasteiger partial charge in [-0.2, -0.15) is 5.26 Å². The van der Waals surface area contributed by atoms with Crippen LogP contribution in [0.4, 0.5) is 0 Å². The normalized spacial score (nSPS) is 16.1. The molecule has 1 atom stereocenters. The van der Waals surface area contributed by atoms with Gasteiger partial charge in [-0.1, -0.05) is 6.92 Å². The standard InChI is InChI=1S/C16H17N3O4/c1-2-7-23-13-8-11(4-3-10(13)9-17)19-15(21)14-12(20)5-6-18(14)16(19)22/h3-4,8,12,20-21H,2,5-7H2,1H3/t12-/m1/s1. The second-order valence-electron chi connectivity index (χ2n) is 5.42. The number of aliphatic hydroxyl groups is 1. The number of ether oxygens (including phenoxy) is 1. The molecule has 0 spiro atoms. The van der Waals surface area contributed by atoms with Gasteiger partial charge in [-0.05, 0) is 25.0 Å². The number of fused-ring (bicyclic) bond motifs is 1. The van der Waals surface area contributed by atoms with Crippen molar-refractivity contribution in [1.29, 1.82) is 5.26 Å². The highest BCUT2D eigenvalue weighted by atomic mass is 16.5. The number of aliphatic hydroxyl groups excluding tert-OH is 1. The molecule has 0 saturated carbocycles. The van der Waals surface area contributed by atoms with Gasteiger partial charge in [-0.3, -0.25) is 4.57 Å². The number of imidazole rings is 1. The second-order valence-corrected chi connectivity index (χ2v) is 5.42. The Balaban J connectivity index is 2.12. The molecule has 1 aromatic carbocycles. The monoisotopic (exact) mass is 315 g/mol. The van der Waals surface area contributed by atoms with Gasteiger partial charge in [0.1, 0.15) is 23.6 Å². The van der Waals surface area contributed by atoms with E-state index in [2.05, 4.69) is 0 Å². The van der Waals surface area contributed by atoms with Crippen molar-refractivity contribution in [2.45, 2.75) is 32.4 Å². The van der Waals surface area contributed by atoms with Crippen LogP contribution >= 0.6 is 0 Å². The zero-order valence-electron chi connectivity index (χ0n) is 12.7. The fourth-order valence-electron chi connectivity index (χ4n) is 2.79. The van der Waals surface area contributed by atoms with E-state index in [1.54, 1.807) is 18.2 Å². The van der Waals surface area contributed by atoms with Crippen molar-refractivity contribution in [2.24, 2.45) is 0 Å². The molecule has 0 radical (unpaired) electrons. The third-order valence-corrected chi connectivity index (χ3v) is 3.90. The average Bonchev–Trinajstić information content (AvgIpc) is 3.05. The number of hydrogen-bond donors (Lipinski definition) is 2. The number of aromatic nitrogens is 2. The van der Waals surface area contributed by atoms with Crippen molar-refractivity contribution >= 4 is 0 Å². The molecule has 0 amide bonds. The number of hydrogen-bond acceptors (Lipinski definition) is 5. The fraction of sp³-hybridized carbons (Fsp3) is 0.375. The zero-order chi connectivity index (χ0) is 16.6. The van der Waals surface area contributed by atoms with Crippen LogP contribution in [0.15, 0.2) is 23.0 Å². The van der Waals surface area contributed by atoms with Gasteiger partial charge < -0.3 is 14.9 Å². The lowest BCUT2D eigenvalue weighted by Gasteiger charge is -2.10. The van der Waals surface area contributed by atoms with E-state index in [1.807, 2.05) is 13.0 Å². The largest absolute Gasteiger partial charge is 0.493 e. The Morgan fingerprint density at radius 1 is 1.48 bits per heavy atom. The molecule has 0 bridgehead atoms. The summed E-state index contributed by atoms with van der Waals surface area (Å²) in [4.78, 5) is 12.5. The van der Waals surface area contributed by atoms with Crippen LogP contribution in [0.2, 0.25) is 0 Å². The van der Waals surface area contributed by atoms with Crippen LogP contribution in [0.3, 0.4) is 0 Å². The van der Waals surface area contributed by atoms with Crippen molar-refractivity contribution in [2.75, 3.05) is 6.61 Å². The van der Waals surface area contributed by atoms with Crippen LogP contribution in [0.1, 0.15) is 37.1 Å². The maximum atomic E-state index is 12.5. The van der Waals surface area contributed by atoms with Gasteiger partial charge in [-0.25, -0.2) is 9.36 Å². The number of nitrogens with zero attached hydrogens (tertiary/aromatic N) is 3. The van der Waals surface area contributed by atoms with E-state index in [0.717, 1.165) is 11.0 Å². The molecule has 1 aliphatic heterocycles. The second kappa shape index (κ2) is 5.82. The SMILES string of the molecule is CCCOc1cc(-n2c(O)c3n(c2=O)CC[C@H]3O)ccc1C#N. The molecule has 0 fully saturated rings. The Hall–Kier alpha value is -2.72. The Morgan fingerprint density at radius 3 is 2.91 bits per heavy atom. The first-order valence-electron chi connectivity index (χ1n) is 7.48. The quantitative estimate of drug-likeness (QED) is 0.889. The van der Waals surface area contributed by atoms with Crippen LogP contribution in [0.25, 0.3) is 5.69 Å². The van der Waals surface area contributed by atoms with Crippen molar-refractivity contribution in [3.63, 3.8) is 0 Å². The van der Waals surface area contributed by atoms with E-state index in [9.17, 15) is 15.0 Å². The molecule has 2 N–H and O–H groups in total. The highest BCUT2D eigenvalue weighted by Crippen LogP contribution is 2.34. The lowest BCUT2D eigenvalue weighted by Crippen LogP contribution is -2.22. The fourth-order valence-corrected chi connectivity index (χ4v) is 2.79. The molecule has 7 nitrogen and oxygen atoms in total. The highest BCUT2D eigenvalue weighted by Gasteiger charge is 2.30. The molecule has 1 aliphatic rings. The van der Waals surface area contributed by atoms with Crippen LogP contribution in [-0.4, -0.2) is 26.0 Å². The van der Waals surface area contributed by atoms with E-state index in [0.29, 0.717) is 36.6 Å².